The topological polar surface area (TPSA) is 101 Å². The lowest BCUT2D eigenvalue weighted by Gasteiger charge is -2.48. The number of methoxy groups -OCH3 is 2. The van der Waals surface area contributed by atoms with Crippen LogP contribution in [-0.2, 0) is 38.1 Å². The van der Waals surface area contributed by atoms with Crippen LogP contribution in [0, 0.1) is 41.4 Å². The Morgan fingerprint density at radius 1 is 1.00 bits per heavy atom. The van der Waals surface area contributed by atoms with E-state index in [9.17, 15) is 14.4 Å². The Morgan fingerprint density at radius 2 is 1.65 bits per heavy atom. The molecule has 0 N–H and O–H groups in total. The number of ether oxygens (including phenoxy) is 5. The van der Waals surface area contributed by atoms with E-state index in [1.807, 2.05) is 26.8 Å². The van der Waals surface area contributed by atoms with Crippen molar-refractivity contribution in [1.29, 1.82) is 0 Å². The largest absolute Gasteiger partial charge is 0.462 e. The fourth-order valence-electron chi connectivity index (χ4n) is 7.44. The molecule has 0 aromatic carbocycles. The number of hydrogen-bond acceptors (Lipinski definition) is 9. The highest BCUT2D eigenvalue weighted by atomic mass is 16.7. The predicted octanol–water partition coefficient (Wildman–Crippen LogP) is 6.24. The van der Waals surface area contributed by atoms with E-state index in [1.165, 1.54) is 0 Å². The molecule has 264 valence electrons. The van der Waals surface area contributed by atoms with Gasteiger partial charge in [0.25, 0.3) is 0 Å². The number of nitrogens with zero attached hydrogens (tertiary/aromatic N) is 1. The van der Waals surface area contributed by atoms with Crippen LogP contribution in [0.2, 0.25) is 0 Å². The number of carbonyl (C=O) groups is 3. The molecule has 2 heterocycles. The molecule has 0 aromatic rings. The second-order valence-corrected chi connectivity index (χ2v) is 14.2. The number of hydrogen-bond donors (Lipinski definition) is 0. The van der Waals surface area contributed by atoms with Crippen molar-refractivity contribution in [2.24, 2.45) is 41.4 Å². The third-order valence-electron chi connectivity index (χ3n) is 10.5. The second kappa shape index (κ2) is 19.2. The molecule has 46 heavy (non-hydrogen) atoms. The van der Waals surface area contributed by atoms with Crippen molar-refractivity contribution in [2.75, 3.05) is 28.3 Å². The summed E-state index contributed by atoms with van der Waals surface area (Å²) < 4.78 is 31.0. The molecule has 0 aromatic heterocycles. The van der Waals surface area contributed by atoms with Crippen LogP contribution in [0.25, 0.3) is 0 Å². The highest BCUT2D eigenvalue weighted by Gasteiger charge is 2.45. The smallest absolute Gasteiger partial charge is 0.306 e. The molecule has 2 rings (SSSR count). The summed E-state index contributed by atoms with van der Waals surface area (Å²) in [5.41, 5.74) is 0.842. The molecule has 0 amide bonds. The van der Waals surface area contributed by atoms with E-state index in [1.54, 1.807) is 26.4 Å². The van der Waals surface area contributed by atoms with Gasteiger partial charge in [0, 0.05) is 57.3 Å². The molecule has 12 atom stereocenters. The quantitative estimate of drug-likeness (QED) is 0.155. The van der Waals surface area contributed by atoms with Gasteiger partial charge in [-0.2, -0.15) is 0 Å². The first-order valence-corrected chi connectivity index (χ1v) is 17.2. The molecule has 0 spiro atoms. The Balaban J connectivity index is 2.62. The third-order valence-corrected chi connectivity index (χ3v) is 10.5. The SMILES string of the molecule is CC[C@H]1OC(=O)C[C@@H](C)[C@H](C)[C@@H](O[C@@H]2O[C@H](C)[C@@H](C)[C@H](N(C)C)[C@H]2C)[C@@H](CC(OC)OC)C[C@@H](C)C(=O)/C=C/C(C)=C/[C@@H]1CC=O. The van der Waals surface area contributed by atoms with E-state index in [-0.39, 0.29) is 78.4 Å². The van der Waals surface area contributed by atoms with Gasteiger partial charge in [-0.15, -0.1) is 0 Å². The van der Waals surface area contributed by atoms with Gasteiger partial charge in [-0.3, -0.25) is 9.59 Å². The van der Waals surface area contributed by atoms with Gasteiger partial charge < -0.3 is 33.4 Å². The summed E-state index contributed by atoms with van der Waals surface area (Å²) in [4.78, 5) is 40.7. The third kappa shape index (κ3) is 11.1. The van der Waals surface area contributed by atoms with E-state index in [4.69, 9.17) is 23.7 Å². The Kier molecular flexibility index (Phi) is 16.8. The number of carbonyl (C=O) groups excluding carboxylic acids is 3. The molecule has 1 fully saturated rings. The zero-order valence-corrected chi connectivity index (χ0v) is 30.6. The molecule has 9 heteroatoms. The summed E-state index contributed by atoms with van der Waals surface area (Å²) in [6, 6.07) is 0.249. The van der Waals surface area contributed by atoms with Crippen molar-refractivity contribution in [3.8, 4) is 0 Å². The van der Waals surface area contributed by atoms with Crippen LogP contribution in [0.4, 0.5) is 0 Å². The minimum atomic E-state index is -0.490. The monoisotopic (exact) mass is 649 g/mol. The second-order valence-electron chi connectivity index (χ2n) is 14.2. The summed E-state index contributed by atoms with van der Waals surface area (Å²) in [7, 11) is 7.43. The lowest BCUT2D eigenvalue weighted by atomic mass is 9.76. The number of allylic oxidation sites excluding steroid dienone is 3. The van der Waals surface area contributed by atoms with E-state index in [2.05, 4.69) is 53.6 Å². The lowest BCUT2D eigenvalue weighted by Crippen LogP contribution is -2.56. The van der Waals surface area contributed by atoms with Gasteiger partial charge in [0.05, 0.1) is 12.2 Å². The van der Waals surface area contributed by atoms with Gasteiger partial charge in [0.15, 0.2) is 18.4 Å². The first-order valence-electron chi connectivity index (χ1n) is 17.2. The number of ketones is 1. The Hall–Kier alpha value is -1.91. The van der Waals surface area contributed by atoms with Crippen LogP contribution in [0.1, 0.15) is 87.5 Å². The van der Waals surface area contributed by atoms with Crippen LogP contribution in [0.3, 0.4) is 0 Å². The lowest BCUT2D eigenvalue weighted by molar-refractivity contribution is -0.278. The maximum Gasteiger partial charge on any atom is 0.306 e. The predicted molar refractivity (Wildman–Crippen MR) is 180 cm³/mol. The zero-order valence-electron chi connectivity index (χ0n) is 30.6. The van der Waals surface area contributed by atoms with Gasteiger partial charge >= 0.3 is 5.97 Å². The number of rotatable bonds is 10. The van der Waals surface area contributed by atoms with Crippen molar-refractivity contribution in [3.63, 3.8) is 0 Å². The van der Waals surface area contributed by atoms with Gasteiger partial charge in [0.1, 0.15) is 12.4 Å². The van der Waals surface area contributed by atoms with Crippen LogP contribution in [0.5, 0.6) is 0 Å². The average Bonchev–Trinajstić information content (AvgIpc) is 3.00. The fraction of sp³-hybridized carbons (Fsp3) is 0.811. The average molecular weight is 650 g/mol. The van der Waals surface area contributed by atoms with E-state index in [0.29, 0.717) is 25.2 Å². The maximum atomic E-state index is 13.5. The van der Waals surface area contributed by atoms with Crippen LogP contribution in [-0.4, -0.2) is 88.2 Å². The highest BCUT2D eigenvalue weighted by molar-refractivity contribution is 5.91. The summed E-state index contributed by atoms with van der Waals surface area (Å²) >= 11 is 0. The van der Waals surface area contributed by atoms with E-state index < -0.39 is 18.7 Å². The standard InChI is InChI=1S/C37H63NO8/c1-13-32-29(16-17-39)18-22(2)14-15-31(40)24(4)19-30(21-34(42-11)43-12)36(25(5)23(3)20-33(41)45-32)46-37-27(7)35(38(9)10)26(6)28(8)44-37/h14-15,17-18,23-30,32,34-37H,13,16,19-21H2,1-12H3/b15-14+,22-18+/t23-,24-,25+,26-,27-,28-,29+,30-,32-,35+,36-,37+/m1/s1. The van der Waals surface area contributed by atoms with Crippen LogP contribution < -0.4 is 0 Å². The molecule has 0 aliphatic carbocycles. The van der Waals surface area contributed by atoms with Crippen molar-refractivity contribution in [2.45, 2.75) is 124 Å². The molecule has 2 aliphatic heterocycles. The molecule has 9 nitrogen and oxygen atoms in total. The summed E-state index contributed by atoms with van der Waals surface area (Å²) in [5.74, 6) is -0.823. The number of cyclic esters (lactones) is 1. The fourth-order valence-corrected chi connectivity index (χ4v) is 7.44. The van der Waals surface area contributed by atoms with Crippen molar-refractivity contribution < 1.29 is 38.1 Å². The normalized spacial score (nSPS) is 39.1. The van der Waals surface area contributed by atoms with Gasteiger partial charge in [-0.05, 0) is 70.5 Å². The Morgan fingerprint density at radius 3 is 2.22 bits per heavy atom. The minimum absolute atomic E-state index is 0.0125. The van der Waals surface area contributed by atoms with Gasteiger partial charge in [-0.25, -0.2) is 0 Å². The minimum Gasteiger partial charge on any atom is -0.462 e. The summed E-state index contributed by atoms with van der Waals surface area (Å²) in [5, 5.41) is 0. The maximum absolute atomic E-state index is 13.5. The Labute approximate surface area is 278 Å². The molecular formula is C37H63NO8. The first kappa shape index (κ1) is 40.3. The molecule has 0 radical (unpaired) electrons. The number of aldehydes is 1. The highest BCUT2D eigenvalue weighted by Crippen LogP contribution is 2.39. The van der Waals surface area contributed by atoms with Crippen molar-refractivity contribution >= 4 is 18.0 Å². The first-order chi connectivity index (χ1) is 21.7. The van der Waals surface area contributed by atoms with Crippen LogP contribution in [0.15, 0.2) is 23.8 Å². The van der Waals surface area contributed by atoms with Gasteiger partial charge in [-0.1, -0.05) is 59.3 Å². The molecular weight excluding hydrogens is 586 g/mol. The van der Waals surface area contributed by atoms with E-state index in [0.717, 1.165) is 11.9 Å². The van der Waals surface area contributed by atoms with Crippen molar-refractivity contribution in [3.05, 3.63) is 23.8 Å². The Bertz CT molecular complexity index is 1020. The van der Waals surface area contributed by atoms with Gasteiger partial charge in [0.2, 0.25) is 0 Å². The zero-order chi connectivity index (χ0) is 34.7. The number of esters is 1. The molecule has 1 saturated heterocycles. The molecule has 0 bridgehead atoms. The van der Waals surface area contributed by atoms with E-state index >= 15 is 0 Å². The van der Waals surface area contributed by atoms with Crippen molar-refractivity contribution in [1.82, 2.24) is 4.90 Å². The molecule has 0 unspecified atom stereocenters. The van der Waals surface area contributed by atoms with Crippen LogP contribution >= 0.6 is 0 Å². The molecule has 0 saturated carbocycles. The molecule has 2 aliphatic rings. The summed E-state index contributed by atoms with van der Waals surface area (Å²) in [6.07, 6.45) is 6.45. The summed E-state index contributed by atoms with van der Waals surface area (Å²) in [6.45, 7) is 16.5.